The summed E-state index contributed by atoms with van der Waals surface area (Å²) in [6, 6.07) is 11.2. The fourth-order valence-corrected chi connectivity index (χ4v) is 3.48. The van der Waals surface area contributed by atoms with Crippen LogP contribution in [0.15, 0.2) is 53.5 Å². The highest BCUT2D eigenvalue weighted by molar-refractivity contribution is 5.98. The van der Waals surface area contributed by atoms with Gasteiger partial charge in [0.15, 0.2) is 0 Å². The number of rotatable bonds is 2. The predicted molar refractivity (Wildman–Crippen MR) is 101 cm³/mol. The summed E-state index contributed by atoms with van der Waals surface area (Å²) in [6.45, 7) is 0.541. The number of fused-ring (bicyclic) bond motifs is 2. The lowest BCUT2D eigenvalue weighted by Crippen LogP contribution is -2.17. The maximum Gasteiger partial charge on any atom is 0.258 e. The molecular formula is C20H14FN5O2. The second-order valence-corrected chi connectivity index (χ2v) is 6.79. The van der Waals surface area contributed by atoms with Crippen molar-refractivity contribution in [1.29, 1.82) is 0 Å². The lowest BCUT2D eigenvalue weighted by Gasteiger charge is -2.04. The van der Waals surface area contributed by atoms with Crippen molar-refractivity contribution in [3.63, 3.8) is 0 Å². The summed E-state index contributed by atoms with van der Waals surface area (Å²) >= 11 is 0. The van der Waals surface area contributed by atoms with Crippen LogP contribution in [0.1, 0.15) is 15.9 Å². The van der Waals surface area contributed by atoms with Crippen molar-refractivity contribution in [3.05, 3.63) is 76.0 Å². The fourth-order valence-electron chi connectivity index (χ4n) is 3.48. The molecule has 7 nitrogen and oxygen atoms in total. The average Bonchev–Trinajstić information content (AvgIpc) is 3.27. The van der Waals surface area contributed by atoms with E-state index >= 15 is 0 Å². The molecule has 0 radical (unpaired) electrons. The molecule has 2 aromatic carbocycles. The summed E-state index contributed by atoms with van der Waals surface area (Å²) in [5, 5.41) is 8.78. The van der Waals surface area contributed by atoms with Crippen molar-refractivity contribution in [2.75, 3.05) is 7.05 Å². The fraction of sp³-hybridized carbons (Fsp3) is 0.100. The molecule has 138 valence electrons. The number of nitrogens with zero attached hydrogens (tertiary/aromatic N) is 4. The van der Waals surface area contributed by atoms with E-state index in [1.165, 1.54) is 18.2 Å². The first-order valence-corrected chi connectivity index (χ1v) is 8.64. The van der Waals surface area contributed by atoms with Gasteiger partial charge in [0.2, 0.25) is 0 Å². The zero-order chi connectivity index (χ0) is 19.4. The quantitative estimate of drug-likeness (QED) is 0.583. The van der Waals surface area contributed by atoms with Crippen LogP contribution in [0.2, 0.25) is 0 Å². The van der Waals surface area contributed by atoms with Gasteiger partial charge in [-0.25, -0.2) is 9.07 Å². The summed E-state index contributed by atoms with van der Waals surface area (Å²) in [5.41, 5.74) is 3.24. The van der Waals surface area contributed by atoms with Crippen LogP contribution in [-0.4, -0.2) is 37.8 Å². The van der Waals surface area contributed by atoms with E-state index in [2.05, 4.69) is 15.3 Å². The average molecular weight is 375 g/mol. The molecule has 0 saturated carbocycles. The van der Waals surface area contributed by atoms with E-state index in [0.29, 0.717) is 34.3 Å². The molecule has 2 aromatic heterocycles. The van der Waals surface area contributed by atoms with Crippen molar-refractivity contribution in [2.45, 2.75) is 6.54 Å². The number of hydrogen-bond acceptors (Lipinski definition) is 4. The number of benzene rings is 2. The summed E-state index contributed by atoms with van der Waals surface area (Å²) in [7, 11) is 1.75. The summed E-state index contributed by atoms with van der Waals surface area (Å²) in [6.07, 6.45) is 1.64. The SMILES string of the molecule is CN1Cc2cc(-n3cc(-c4cc5cc(F)ccc5[nH]c4=O)nn3)ccc2C1=O. The maximum absolute atomic E-state index is 13.5. The molecule has 3 heterocycles. The Bertz CT molecular complexity index is 1320. The molecule has 1 N–H and O–H groups in total. The van der Waals surface area contributed by atoms with Crippen LogP contribution < -0.4 is 5.56 Å². The highest BCUT2D eigenvalue weighted by Gasteiger charge is 2.24. The molecule has 5 rings (SSSR count). The van der Waals surface area contributed by atoms with Crippen molar-refractivity contribution < 1.29 is 9.18 Å². The van der Waals surface area contributed by atoms with Crippen LogP contribution in [0, 0.1) is 5.82 Å². The molecule has 0 spiro atoms. The number of amides is 1. The Kier molecular flexibility index (Phi) is 3.42. The van der Waals surface area contributed by atoms with Crippen LogP contribution >= 0.6 is 0 Å². The predicted octanol–water partition coefficient (Wildman–Crippen LogP) is 2.50. The first-order valence-electron chi connectivity index (χ1n) is 8.64. The third kappa shape index (κ3) is 2.50. The molecule has 0 atom stereocenters. The molecule has 0 saturated heterocycles. The second-order valence-electron chi connectivity index (χ2n) is 6.79. The molecule has 8 heteroatoms. The Labute approximate surface area is 158 Å². The lowest BCUT2D eigenvalue weighted by molar-refractivity contribution is 0.0816. The van der Waals surface area contributed by atoms with Crippen molar-refractivity contribution in [1.82, 2.24) is 24.9 Å². The van der Waals surface area contributed by atoms with Crippen molar-refractivity contribution >= 4 is 16.8 Å². The number of aromatic amines is 1. The number of carbonyl (C=O) groups is 1. The third-order valence-electron chi connectivity index (χ3n) is 4.91. The molecule has 4 aromatic rings. The van der Waals surface area contributed by atoms with E-state index in [0.717, 1.165) is 11.3 Å². The molecule has 0 fully saturated rings. The Hall–Kier alpha value is -3.81. The van der Waals surface area contributed by atoms with Gasteiger partial charge < -0.3 is 9.88 Å². The molecular weight excluding hydrogens is 361 g/mol. The van der Waals surface area contributed by atoms with Gasteiger partial charge in [0.1, 0.15) is 11.5 Å². The zero-order valence-corrected chi connectivity index (χ0v) is 14.8. The van der Waals surface area contributed by atoms with Crippen LogP contribution in [0.5, 0.6) is 0 Å². The van der Waals surface area contributed by atoms with Crippen molar-refractivity contribution in [2.24, 2.45) is 0 Å². The van der Waals surface area contributed by atoms with Gasteiger partial charge in [-0.05, 0) is 48.0 Å². The van der Waals surface area contributed by atoms with Gasteiger partial charge in [0.25, 0.3) is 11.5 Å². The van der Waals surface area contributed by atoms with Gasteiger partial charge in [0.05, 0.1) is 17.4 Å². The van der Waals surface area contributed by atoms with E-state index in [1.54, 1.807) is 41.0 Å². The minimum atomic E-state index is -0.383. The Morgan fingerprint density at radius 1 is 1.07 bits per heavy atom. The molecule has 1 aliphatic heterocycles. The third-order valence-corrected chi connectivity index (χ3v) is 4.91. The number of halogens is 1. The van der Waals surface area contributed by atoms with Gasteiger partial charge in [0, 0.05) is 30.1 Å². The number of H-pyrrole nitrogens is 1. The molecule has 0 unspecified atom stereocenters. The van der Waals surface area contributed by atoms with Gasteiger partial charge >= 0.3 is 0 Å². The second kappa shape index (κ2) is 5.85. The van der Waals surface area contributed by atoms with E-state index in [-0.39, 0.29) is 17.3 Å². The van der Waals surface area contributed by atoms with Crippen LogP contribution in [0.25, 0.3) is 27.8 Å². The molecule has 1 aliphatic rings. The topological polar surface area (TPSA) is 83.9 Å². The van der Waals surface area contributed by atoms with Crippen LogP contribution in [0.3, 0.4) is 0 Å². The van der Waals surface area contributed by atoms with E-state index in [9.17, 15) is 14.0 Å². The van der Waals surface area contributed by atoms with Gasteiger partial charge in [-0.2, -0.15) is 0 Å². The van der Waals surface area contributed by atoms with E-state index < -0.39 is 0 Å². The Balaban J connectivity index is 1.56. The largest absolute Gasteiger partial charge is 0.337 e. The van der Waals surface area contributed by atoms with Crippen LogP contribution in [0.4, 0.5) is 4.39 Å². The molecule has 0 aliphatic carbocycles. The summed E-state index contributed by atoms with van der Waals surface area (Å²) < 4.78 is 15.1. The van der Waals surface area contributed by atoms with Gasteiger partial charge in [-0.15, -0.1) is 5.10 Å². The number of hydrogen-bond donors (Lipinski definition) is 1. The van der Waals surface area contributed by atoms with Gasteiger partial charge in [-0.3, -0.25) is 9.59 Å². The summed E-state index contributed by atoms with van der Waals surface area (Å²) in [5.74, 6) is -0.387. The van der Waals surface area contributed by atoms with E-state index in [4.69, 9.17) is 0 Å². The normalized spacial score (nSPS) is 13.4. The Morgan fingerprint density at radius 2 is 1.93 bits per heavy atom. The zero-order valence-electron chi connectivity index (χ0n) is 14.8. The van der Waals surface area contributed by atoms with Crippen LogP contribution in [-0.2, 0) is 6.54 Å². The minimum Gasteiger partial charge on any atom is -0.337 e. The number of carbonyl (C=O) groups excluding carboxylic acids is 1. The number of aromatic nitrogens is 4. The standard InChI is InChI=1S/C20H14FN5O2/c1-25-9-12-7-14(3-4-15(12)20(25)28)26-10-18(23-24-26)16-8-11-6-13(21)2-5-17(11)22-19(16)27/h2-8,10H,9H2,1H3,(H,22,27). The number of pyridine rings is 1. The molecule has 28 heavy (non-hydrogen) atoms. The monoisotopic (exact) mass is 375 g/mol. The molecule has 0 bridgehead atoms. The first kappa shape index (κ1) is 16.4. The summed E-state index contributed by atoms with van der Waals surface area (Å²) in [4.78, 5) is 28.8. The van der Waals surface area contributed by atoms with Crippen molar-refractivity contribution in [3.8, 4) is 16.9 Å². The smallest absolute Gasteiger partial charge is 0.258 e. The molecule has 1 amide bonds. The number of nitrogens with one attached hydrogen (secondary N) is 1. The van der Waals surface area contributed by atoms with E-state index in [1.807, 2.05) is 6.07 Å². The minimum absolute atomic E-state index is 0.00393. The van der Waals surface area contributed by atoms with Gasteiger partial charge in [-0.1, -0.05) is 5.21 Å². The highest BCUT2D eigenvalue weighted by atomic mass is 19.1. The highest BCUT2D eigenvalue weighted by Crippen LogP contribution is 2.25. The lowest BCUT2D eigenvalue weighted by atomic mass is 10.1. The first-order chi connectivity index (χ1) is 13.5. The maximum atomic E-state index is 13.5. The Morgan fingerprint density at radius 3 is 2.79 bits per heavy atom.